The minimum Gasteiger partial charge on any atom is -0.480 e. The zero-order chi connectivity index (χ0) is 18.7. The molecule has 0 saturated heterocycles. The smallest absolute Gasteiger partial charge is 0.416 e. The third kappa shape index (κ3) is 4.39. The van der Waals surface area contributed by atoms with Crippen molar-refractivity contribution in [3.8, 4) is 0 Å². The first-order valence-corrected chi connectivity index (χ1v) is 7.63. The van der Waals surface area contributed by atoms with E-state index in [1.165, 1.54) is 0 Å². The number of hydrogen-bond acceptors (Lipinski definition) is 6. The molecule has 0 bridgehead atoms. The molecule has 1 rings (SSSR count). The highest BCUT2D eigenvalue weighted by atomic mass is 32.2. The van der Waals surface area contributed by atoms with Crippen molar-refractivity contribution in [1.29, 1.82) is 0 Å². The first-order chi connectivity index (χ1) is 10.9. The average molecular weight is 371 g/mol. The van der Waals surface area contributed by atoms with Crippen molar-refractivity contribution in [3.63, 3.8) is 0 Å². The summed E-state index contributed by atoms with van der Waals surface area (Å²) in [5.74, 6) is -1.55. The van der Waals surface area contributed by atoms with Crippen molar-refractivity contribution in [2.24, 2.45) is 5.73 Å². The Balaban J connectivity index is 3.52. The van der Waals surface area contributed by atoms with Crippen LogP contribution < -0.4 is 5.73 Å². The number of sulfonamides is 1. The molecule has 0 aliphatic heterocycles. The van der Waals surface area contributed by atoms with Gasteiger partial charge in [-0.15, -0.1) is 0 Å². The number of nitro groups is 1. The summed E-state index contributed by atoms with van der Waals surface area (Å²) in [7, 11) is -4.73. The first kappa shape index (κ1) is 19.8. The zero-order valence-corrected chi connectivity index (χ0v) is 12.7. The van der Waals surface area contributed by atoms with Crippen LogP contribution in [0.3, 0.4) is 0 Å². The van der Waals surface area contributed by atoms with Crippen LogP contribution in [0.4, 0.5) is 18.9 Å². The number of aliphatic carboxylic acids is 1. The standard InChI is InChI=1S/C11H12F3N3O6S/c12-11(13,14)7-1-2-9(8(5-7)17(20)21)24(22,23)16(4-3-15)6-10(18)19/h1-2,5H,3-4,6,15H2,(H,18,19). The Hall–Kier alpha value is -2.25. The molecular formula is C11H12F3N3O6S. The SMILES string of the molecule is NCCN(CC(=O)O)S(=O)(=O)c1ccc(C(F)(F)F)cc1[N+](=O)[O-]. The van der Waals surface area contributed by atoms with E-state index < -0.39 is 56.3 Å². The highest BCUT2D eigenvalue weighted by Crippen LogP contribution is 2.35. The van der Waals surface area contributed by atoms with Crippen molar-refractivity contribution in [2.45, 2.75) is 11.1 Å². The van der Waals surface area contributed by atoms with Crippen LogP contribution >= 0.6 is 0 Å². The fourth-order valence-electron chi connectivity index (χ4n) is 1.77. The number of nitrogens with zero attached hydrogens (tertiary/aromatic N) is 2. The molecule has 0 aliphatic carbocycles. The van der Waals surface area contributed by atoms with E-state index in [0.717, 1.165) is 0 Å². The van der Waals surface area contributed by atoms with Gasteiger partial charge in [-0.25, -0.2) is 8.42 Å². The maximum absolute atomic E-state index is 12.6. The van der Waals surface area contributed by atoms with Crippen LogP contribution in [-0.2, 0) is 21.0 Å². The summed E-state index contributed by atoms with van der Waals surface area (Å²) in [6, 6.07) is 0.858. The molecule has 0 fully saturated rings. The van der Waals surface area contributed by atoms with Crippen LogP contribution in [-0.4, -0.2) is 48.4 Å². The van der Waals surface area contributed by atoms with Gasteiger partial charge in [0.05, 0.1) is 10.5 Å². The number of alkyl halides is 3. The molecule has 0 spiro atoms. The van der Waals surface area contributed by atoms with Gasteiger partial charge < -0.3 is 10.8 Å². The molecule has 13 heteroatoms. The molecule has 0 aliphatic rings. The summed E-state index contributed by atoms with van der Waals surface area (Å²) in [4.78, 5) is 19.4. The second-order valence-electron chi connectivity index (χ2n) is 4.46. The number of carboxylic acids is 1. The number of halogens is 3. The van der Waals surface area contributed by atoms with E-state index in [-0.39, 0.29) is 12.6 Å². The summed E-state index contributed by atoms with van der Waals surface area (Å²) in [5, 5.41) is 19.7. The normalized spacial score (nSPS) is 12.4. The predicted octanol–water partition coefficient (Wildman–Crippen LogP) is 0.648. The molecule has 1 aromatic rings. The maximum atomic E-state index is 12.6. The van der Waals surface area contributed by atoms with Crippen LogP contribution in [0.15, 0.2) is 23.1 Å². The molecule has 1 aromatic carbocycles. The van der Waals surface area contributed by atoms with Gasteiger partial charge in [0.25, 0.3) is 5.69 Å². The van der Waals surface area contributed by atoms with Gasteiger partial charge in [-0.1, -0.05) is 0 Å². The highest BCUT2D eigenvalue weighted by molar-refractivity contribution is 7.89. The predicted molar refractivity (Wildman–Crippen MR) is 73.5 cm³/mol. The Morgan fingerprint density at radius 1 is 1.38 bits per heavy atom. The lowest BCUT2D eigenvalue weighted by Gasteiger charge is -2.19. The third-order valence-electron chi connectivity index (χ3n) is 2.79. The maximum Gasteiger partial charge on any atom is 0.416 e. The Kier molecular flexibility index (Phi) is 5.86. The van der Waals surface area contributed by atoms with E-state index in [2.05, 4.69) is 0 Å². The Labute approximate surface area is 133 Å². The first-order valence-electron chi connectivity index (χ1n) is 6.19. The van der Waals surface area contributed by atoms with E-state index in [1.54, 1.807) is 0 Å². The van der Waals surface area contributed by atoms with Gasteiger partial charge in [-0.2, -0.15) is 17.5 Å². The second kappa shape index (κ2) is 7.11. The lowest BCUT2D eigenvalue weighted by atomic mass is 10.2. The van der Waals surface area contributed by atoms with Crippen LogP contribution in [0.5, 0.6) is 0 Å². The number of carboxylic acid groups (broad SMARTS) is 1. The minimum atomic E-state index is -4.91. The van der Waals surface area contributed by atoms with Crippen molar-refractivity contribution >= 4 is 21.7 Å². The van der Waals surface area contributed by atoms with Crippen molar-refractivity contribution in [2.75, 3.05) is 19.6 Å². The monoisotopic (exact) mass is 371 g/mol. The number of benzene rings is 1. The lowest BCUT2D eigenvalue weighted by molar-refractivity contribution is -0.388. The van der Waals surface area contributed by atoms with Gasteiger partial charge >= 0.3 is 12.1 Å². The van der Waals surface area contributed by atoms with Gasteiger partial charge in [-0.3, -0.25) is 14.9 Å². The summed E-state index contributed by atoms with van der Waals surface area (Å²) < 4.78 is 63.0. The summed E-state index contributed by atoms with van der Waals surface area (Å²) in [5.41, 5.74) is 2.46. The van der Waals surface area contributed by atoms with Crippen LogP contribution in [0.25, 0.3) is 0 Å². The van der Waals surface area contributed by atoms with Crippen LogP contribution in [0.1, 0.15) is 5.56 Å². The summed E-state index contributed by atoms with van der Waals surface area (Å²) in [6.45, 7) is -1.81. The largest absolute Gasteiger partial charge is 0.480 e. The Morgan fingerprint density at radius 3 is 2.38 bits per heavy atom. The molecule has 3 N–H and O–H groups in total. The third-order valence-corrected chi connectivity index (χ3v) is 4.68. The van der Waals surface area contributed by atoms with E-state index in [1.807, 2.05) is 0 Å². The van der Waals surface area contributed by atoms with E-state index >= 15 is 0 Å². The average Bonchev–Trinajstić information content (AvgIpc) is 2.44. The topological polar surface area (TPSA) is 144 Å². The van der Waals surface area contributed by atoms with Crippen molar-refractivity contribution in [1.82, 2.24) is 4.31 Å². The second-order valence-corrected chi connectivity index (χ2v) is 6.36. The molecule has 0 aromatic heterocycles. The molecule has 0 saturated carbocycles. The number of rotatable bonds is 7. The highest BCUT2D eigenvalue weighted by Gasteiger charge is 2.37. The summed E-state index contributed by atoms with van der Waals surface area (Å²) >= 11 is 0. The summed E-state index contributed by atoms with van der Waals surface area (Å²) in [6.07, 6.45) is -4.91. The van der Waals surface area contributed by atoms with E-state index in [9.17, 15) is 36.5 Å². The molecule has 0 unspecified atom stereocenters. The van der Waals surface area contributed by atoms with Crippen LogP contribution in [0, 0.1) is 10.1 Å². The Morgan fingerprint density at radius 2 is 1.96 bits per heavy atom. The quantitative estimate of drug-likeness (QED) is 0.529. The van der Waals surface area contributed by atoms with Crippen molar-refractivity contribution in [3.05, 3.63) is 33.9 Å². The molecule has 24 heavy (non-hydrogen) atoms. The molecule has 0 atom stereocenters. The molecule has 0 amide bonds. The molecule has 134 valence electrons. The van der Waals surface area contributed by atoms with Gasteiger partial charge in [0.1, 0.15) is 6.54 Å². The fourth-order valence-corrected chi connectivity index (χ4v) is 3.31. The molecular weight excluding hydrogens is 359 g/mol. The van der Waals surface area contributed by atoms with Crippen LogP contribution in [0.2, 0.25) is 0 Å². The molecule has 9 nitrogen and oxygen atoms in total. The van der Waals surface area contributed by atoms with E-state index in [4.69, 9.17) is 10.8 Å². The van der Waals surface area contributed by atoms with Gasteiger partial charge in [0.2, 0.25) is 10.0 Å². The van der Waals surface area contributed by atoms with Crippen molar-refractivity contribution < 1.29 is 36.4 Å². The van der Waals surface area contributed by atoms with Gasteiger partial charge in [-0.05, 0) is 12.1 Å². The zero-order valence-electron chi connectivity index (χ0n) is 11.9. The van der Waals surface area contributed by atoms with Gasteiger partial charge in [0, 0.05) is 19.2 Å². The minimum absolute atomic E-state index is 0.0777. The number of carbonyl (C=O) groups is 1. The number of nitro benzene ring substituents is 1. The Bertz CT molecular complexity index is 750. The lowest BCUT2D eigenvalue weighted by Crippen LogP contribution is -2.39. The fraction of sp³-hybridized carbons (Fsp3) is 0.364. The van der Waals surface area contributed by atoms with Gasteiger partial charge in [0.15, 0.2) is 4.90 Å². The number of nitrogens with two attached hydrogens (primary N) is 1. The molecule has 0 heterocycles. The number of hydrogen-bond donors (Lipinski definition) is 2. The van der Waals surface area contributed by atoms with E-state index in [0.29, 0.717) is 16.4 Å². The molecule has 0 radical (unpaired) electrons.